The highest BCUT2D eigenvalue weighted by molar-refractivity contribution is 5.92. The van der Waals surface area contributed by atoms with Crippen LogP contribution in [0.15, 0.2) is 12.1 Å². The summed E-state index contributed by atoms with van der Waals surface area (Å²) in [6, 6.07) is 3.40. The van der Waals surface area contributed by atoms with Crippen molar-refractivity contribution in [2.45, 2.75) is 12.8 Å². The van der Waals surface area contributed by atoms with Gasteiger partial charge in [0.15, 0.2) is 5.69 Å². The van der Waals surface area contributed by atoms with Crippen LogP contribution >= 0.6 is 0 Å². The lowest BCUT2D eigenvalue weighted by Crippen LogP contribution is -2.26. The first-order valence-electron chi connectivity index (χ1n) is 5.09. The molecule has 0 aromatic carbocycles. The number of aromatic nitrogens is 2. The summed E-state index contributed by atoms with van der Waals surface area (Å²) in [5.74, 6) is 1.20. The Balaban J connectivity index is 1.91. The van der Waals surface area contributed by atoms with Crippen LogP contribution in [-0.4, -0.2) is 29.7 Å². The molecule has 0 unspecified atom stereocenters. The zero-order valence-corrected chi connectivity index (χ0v) is 8.66. The van der Waals surface area contributed by atoms with Gasteiger partial charge in [-0.1, -0.05) is 0 Å². The predicted molar refractivity (Wildman–Crippen MR) is 56.6 cm³/mol. The summed E-state index contributed by atoms with van der Waals surface area (Å²) in [6.07, 6.45) is 2.45. The summed E-state index contributed by atoms with van der Waals surface area (Å²) in [4.78, 5) is 11.5. The predicted octanol–water partition coefficient (Wildman–Crippen LogP) is 0.658. The van der Waals surface area contributed by atoms with E-state index < -0.39 is 0 Å². The SMILES string of the molecule is CNc1ccc(C(=O)NCC2CC2)nn1. The molecule has 80 valence electrons. The first-order chi connectivity index (χ1) is 7.29. The Labute approximate surface area is 88.3 Å². The van der Waals surface area contributed by atoms with Crippen molar-refractivity contribution in [1.29, 1.82) is 0 Å². The van der Waals surface area contributed by atoms with Crippen LogP contribution in [0.5, 0.6) is 0 Å². The topological polar surface area (TPSA) is 66.9 Å². The molecule has 1 fully saturated rings. The summed E-state index contributed by atoms with van der Waals surface area (Å²) >= 11 is 0. The van der Waals surface area contributed by atoms with Gasteiger partial charge < -0.3 is 10.6 Å². The molecule has 0 spiro atoms. The molecule has 5 heteroatoms. The molecule has 2 N–H and O–H groups in total. The molecule has 0 aliphatic heterocycles. The fraction of sp³-hybridized carbons (Fsp3) is 0.500. The van der Waals surface area contributed by atoms with Gasteiger partial charge in [0.1, 0.15) is 5.82 Å². The van der Waals surface area contributed by atoms with Crippen LogP contribution in [0, 0.1) is 5.92 Å². The van der Waals surface area contributed by atoms with Crippen molar-refractivity contribution >= 4 is 11.7 Å². The first-order valence-corrected chi connectivity index (χ1v) is 5.09. The van der Waals surface area contributed by atoms with Crippen molar-refractivity contribution < 1.29 is 4.79 Å². The van der Waals surface area contributed by atoms with Crippen LogP contribution < -0.4 is 10.6 Å². The van der Waals surface area contributed by atoms with E-state index in [0.29, 0.717) is 17.4 Å². The second-order valence-electron chi connectivity index (χ2n) is 3.71. The number of amides is 1. The van der Waals surface area contributed by atoms with Gasteiger partial charge in [-0.15, -0.1) is 10.2 Å². The first kappa shape index (κ1) is 9.89. The van der Waals surface area contributed by atoms with E-state index in [0.717, 1.165) is 6.54 Å². The van der Waals surface area contributed by atoms with Crippen molar-refractivity contribution in [3.63, 3.8) is 0 Å². The minimum Gasteiger partial charge on any atom is -0.372 e. The number of hydrogen-bond acceptors (Lipinski definition) is 4. The fourth-order valence-electron chi connectivity index (χ4n) is 1.24. The van der Waals surface area contributed by atoms with E-state index >= 15 is 0 Å². The maximum Gasteiger partial charge on any atom is 0.271 e. The number of rotatable bonds is 4. The van der Waals surface area contributed by atoms with Gasteiger partial charge in [0.2, 0.25) is 0 Å². The summed E-state index contributed by atoms with van der Waals surface area (Å²) in [5, 5.41) is 13.3. The minimum atomic E-state index is -0.142. The van der Waals surface area contributed by atoms with Gasteiger partial charge in [-0.2, -0.15) is 0 Å². The summed E-state index contributed by atoms with van der Waals surface area (Å²) in [7, 11) is 1.76. The smallest absolute Gasteiger partial charge is 0.271 e. The van der Waals surface area contributed by atoms with E-state index in [4.69, 9.17) is 0 Å². The maximum absolute atomic E-state index is 11.5. The highest BCUT2D eigenvalue weighted by Gasteiger charge is 2.22. The number of hydrogen-bond donors (Lipinski definition) is 2. The second-order valence-corrected chi connectivity index (χ2v) is 3.71. The van der Waals surface area contributed by atoms with Crippen molar-refractivity contribution in [2.75, 3.05) is 18.9 Å². The van der Waals surface area contributed by atoms with Crippen LogP contribution in [0.2, 0.25) is 0 Å². The van der Waals surface area contributed by atoms with Gasteiger partial charge in [0.25, 0.3) is 5.91 Å². The number of carbonyl (C=O) groups is 1. The molecule has 0 saturated heterocycles. The van der Waals surface area contributed by atoms with Gasteiger partial charge >= 0.3 is 0 Å². The van der Waals surface area contributed by atoms with Crippen molar-refractivity contribution in [2.24, 2.45) is 5.92 Å². The molecule has 0 bridgehead atoms. The third-order valence-corrected chi connectivity index (χ3v) is 2.40. The second kappa shape index (κ2) is 4.25. The summed E-state index contributed by atoms with van der Waals surface area (Å²) in [5.41, 5.74) is 0.370. The standard InChI is InChI=1S/C10H14N4O/c1-11-9-5-4-8(13-14-9)10(15)12-6-7-2-3-7/h4-5,7H,2-3,6H2,1H3,(H,11,14)(H,12,15). The van der Waals surface area contributed by atoms with Crippen molar-refractivity contribution in [3.8, 4) is 0 Å². The molecular formula is C10H14N4O. The molecule has 1 aliphatic rings. The van der Waals surface area contributed by atoms with E-state index in [-0.39, 0.29) is 5.91 Å². The van der Waals surface area contributed by atoms with Crippen LogP contribution in [0.25, 0.3) is 0 Å². The fourth-order valence-corrected chi connectivity index (χ4v) is 1.24. The summed E-state index contributed by atoms with van der Waals surface area (Å²) in [6.45, 7) is 0.758. The highest BCUT2D eigenvalue weighted by atomic mass is 16.1. The van der Waals surface area contributed by atoms with E-state index in [1.165, 1.54) is 12.8 Å². The average molecular weight is 206 g/mol. The molecule has 0 atom stereocenters. The van der Waals surface area contributed by atoms with Crippen LogP contribution in [0.3, 0.4) is 0 Å². The van der Waals surface area contributed by atoms with Gasteiger partial charge in [-0.3, -0.25) is 4.79 Å². The van der Waals surface area contributed by atoms with Crippen LogP contribution in [-0.2, 0) is 0 Å². The van der Waals surface area contributed by atoms with Crippen molar-refractivity contribution in [3.05, 3.63) is 17.8 Å². The molecule has 1 saturated carbocycles. The van der Waals surface area contributed by atoms with E-state index in [9.17, 15) is 4.79 Å². The molecular weight excluding hydrogens is 192 g/mol. The molecule has 5 nitrogen and oxygen atoms in total. The van der Waals surface area contributed by atoms with Crippen molar-refractivity contribution in [1.82, 2.24) is 15.5 Å². The van der Waals surface area contributed by atoms with Gasteiger partial charge in [0.05, 0.1) is 0 Å². The van der Waals surface area contributed by atoms with Crippen LogP contribution in [0.4, 0.5) is 5.82 Å². The quantitative estimate of drug-likeness (QED) is 0.759. The Bertz CT molecular complexity index is 345. The van der Waals surface area contributed by atoms with E-state index in [1.807, 2.05) is 0 Å². The van der Waals surface area contributed by atoms with Crippen LogP contribution in [0.1, 0.15) is 23.3 Å². The lowest BCUT2D eigenvalue weighted by Gasteiger charge is -2.03. The summed E-state index contributed by atoms with van der Waals surface area (Å²) < 4.78 is 0. The zero-order chi connectivity index (χ0) is 10.7. The molecule has 1 amide bonds. The average Bonchev–Trinajstić information content (AvgIpc) is 3.10. The molecule has 0 radical (unpaired) electrons. The Morgan fingerprint density at radius 1 is 1.47 bits per heavy atom. The normalized spacial score (nSPS) is 14.7. The third-order valence-electron chi connectivity index (χ3n) is 2.40. The van der Waals surface area contributed by atoms with Gasteiger partial charge in [-0.25, -0.2) is 0 Å². The van der Waals surface area contributed by atoms with E-state index in [2.05, 4.69) is 20.8 Å². The third kappa shape index (κ3) is 2.65. The van der Waals surface area contributed by atoms with Gasteiger partial charge in [-0.05, 0) is 30.9 Å². The Morgan fingerprint density at radius 2 is 2.27 bits per heavy atom. The Hall–Kier alpha value is -1.65. The number of carbonyl (C=O) groups excluding carboxylic acids is 1. The van der Waals surface area contributed by atoms with E-state index in [1.54, 1.807) is 19.2 Å². The lowest BCUT2D eigenvalue weighted by molar-refractivity contribution is 0.0946. The molecule has 1 aromatic heterocycles. The highest BCUT2D eigenvalue weighted by Crippen LogP contribution is 2.27. The maximum atomic E-state index is 11.5. The molecule has 2 rings (SSSR count). The number of anilines is 1. The largest absolute Gasteiger partial charge is 0.372 e. The lowest BCUT2D eigenvalue weighted by atomic mass is 10.3. The van der Waals surface area contributed by atoms with Gasteiger partial charge in [0, 0.05) is 13.6 Å². The molecule has 1 aliphatic carbocycles. The Kier molecular flexibility index (Phi) is 2.80. The number of nitrogens with zero attached hydrogens (tertiary/aromatic N) is 2. The molecule has 1 aromatic rings. The zero-order valence-electron chi connectivity index (χ0n) is 8.66. The molecule has 1 heterocycles. The minimum absolute atomic E-state index is 0.142. The Morgan fingerprint density at radius 3 is 2.80 bits per heavy atom. The monoisotopic (exact) mass is 206 g/mol. The number of nitrogens with one attached hydrogen (secondary N) is 2. The molecule has 15 heavy (non-hydrogen) atoms.